The maximum atomic E-state index is 5.48. The lowest BCUT2D eigenvalue weighted by Gasteiger charge is -2.23. The maximum Gasteiger partial charge on any atom is 0.296 e. The lowest BCUT2D eigenvalue weighted by Crippen LogP contribution is -2.22. The topological polar surface area (TPSA) is 9.23 Å². The van der Waals surface area contributed by atoms with Crippen LogP contribution in [0.4, 0.5) is 0 Å². The molecule has 52 valence electrons. The largest absolute Gasteiger partial charge is 0.435 e. The third-order valence-electron chi connectivity index (χ3n) is 2.91. The summed E-state index contributed by atoms with van der Waals surface area (Å²) in [7, 11) is 0. The predicted molar refractivity (Wildman–Crippen MR) is 40.8 cm³/mol. The van der Waals surface area contributed by atoms with Crippen LogP contribution in [-0.2, 0) is 4.65 Å². The van der Waals surface area contributed by atoms with Gasteiger partial charge >= 0.3 is 0 Å². The van der Waals surface area contributed by atoms with Crippen molar-refractivity contribution in [2.75, 3.05) is 6.61 Å². The Kier molecular flexibility index (Phi) is 1.60. The fourth-order valence-electron chi connectivity index (χ4n) is 1.12. The van der Waals surface area contributed by atoms with Gasteiger partial charge in [0.25, 0.3) is 6.92 Å². The van der Waals surface area contributed by atoms with E-state index in [4.69, 9.17) is 4.65 Å². The van der Waals surface area contributed by atoms with E-state index in [-0.39, 0.29) is 0 Å². The molecule has 0 aromatic heterocycles. The molecule has 1 aliphatic rings. The van der Waals surface area contributed by atoms with E-state index in [9.17, 15) is 0 Å². The highest BCUT2D eigenvalue weighted by Gasteiger charge is 2.41. The van der Waals surface area contributed by atoms with E-state index in [2.05, 4.69) is 27.6 Å². The van der Waals surface area contributed by atoms with E-state index < -0.39 is 0 Å². The van der Waals surface area contributed by atoms with Crippen LogP contribution < -0.4 is 0 Å². The van der Waals surface area contributed by atoms with Gasteiger partial charge in [-0.25, -0.2) is 0 Å². The molecule has 1 fully saturated rings. The molecule has 1 aliphatic heterocycles. The summed E-state index contributed by atoms with van der Waals surface area (Å²) < 4.78 is 5.48. The molecule has 2 heteroatoms. The Morgan fingerprint density at radius 3 is 2.22 bits per heavy atom. The average Bonchev–Trinajstić information content (AvgIpc) is 1.96. The molecule has 9 heavy (non-hydrogen) atoms. The fourth-order valence-corrected chi connectivity index (χ4v) is 1.12. The summed E-state index contributed by atoms with van der Waals surface area (Å²) in [6, 6.07) is 0. The van der Waals surface area contributed by atoms with Gasteiger partial charge in [-0.15, -0.1) is 0 Å². The summed E-state index contributed by atoms with van der Waals surface area (Å²) in [5.74, 6) is 0.715. The second-order valence-corrected chi connectivity index (χ2v) is 3.70. The zero-order chi connectivity index (χ0) is 7.07. The third kappa shape index (κ3) is 1.01. The van der Waals surface area contributed by atoms with Crippen LogP contribution in [-0.4, -0.2) is 13.5 Å². The maximum absolute atomic E-state index is 5.48. The van der Waals surface area contributed by atoms with Gasteiger partial charge in [-0.3, -0.25) is 0 Å². The Balaban J connectivity index is 2.66. The number of hydrogen-bond donors (Lipinski definition) is 0. The molecule has 0 spiro atoms. The molecular weight excluding hydrogens is 111 g/mol. The molecule has 1 rings (SSSR count). The zero-order valence-electron chi connectivity index (χ0n) is 6.77. The lowest BCUT2D eigenvalue weighted by molar-refractivity contribution is 0.311. The first-order valence-electron chi connectivity index (χ1n) is 3.66. The second-order valence-electron chi connectivity index (χ2n) is 3.70. The van der Waals surface area contributed by atoms with Gasteiger partial charge in [-0.2, -0.15) is 0 Å². The van der Waals surface area contributed by atoms with Crippen LogP contribution in [0, 0.1) is 5.92 Å². The first-order valence-corrected chi connectivity index (χ1v) is 3.66. The van der Waals surface area contributed by atoms with E-state index in [0.717, 1.165) is 6.61 Å². The Labute approximate surface area is 57.9 Å². The molecule has 0 aromatic carbocycles. The van der Waals surface area contributed by atoms with E-state index in [1.165, 1.54) is 0 Å². The second kappa shape index (κ2) is 2.01. The highest BCUT2D eigenvalue weighted by molar-refractivity contribution is 6.54. The van der Waals surface area contributed by atoms with Crippen molar-refractivity contribution in [1.82, 2.24) is 0 Å². The minimum Gasteiger partial charge on any atom is -0.435 e. The van der Waals surface area contributed by atoms with Gasteiger partial charge in [0.1, 0.15) is 0 Å². The lowest BCUT2D eigenvalue weighted by atomic mass is 9.47. The monoisotopic (exact) mass is 126 g/mol. The van der Waals surface area contributed by atoms with Crippen LogP contribution in [0.2, 0.25) is 12.1 Å². The van der Waals surface area contributed by atoms with Crippen LogP contribution in [0.25, 0.3) is 0 Å². The van der Waals surface area contributed by atoms with Crippen LogP contribution in [0.3, 0.4) is 0 Å². The van der Waals surface area contributed by atoms with Gasteiger partial charge < -0.3 is 4.65 Å². The standard InChI is InChI=1S/C7H15BO/c1-6-5-9-8(4)7(6,2)3/h6H,5H2,1-4H3. The highest BCUT2D eigenvalue weighted by Crippen LogP contribution is 2.43. The SMILES string of the molecule is CB1OCC(C)C1(C)C. The van der Waals surface area contributed by atoms with Gasteiger partial charge in [0.2, 0.25) is 0 Å². The van der Waals surface area contributed by atoms with Crippen LogP contribution in [0.5, 0.6) is 0 Å². The van der Waals surface area contributed by atoms with Crippen LogP contribution >= 0.6 is 0 Å². The smallest absolute Gasteiger partial charge is 0.296 e. The van der Waals surface area contributed by atoms with Crippen molar-refractivity contribution in [1.29, 1.82) is 0 Å². The molecule has 0 bridgehead atoms. The minimum absolute atomic E-state index is 0.389. The molecule has 0 aliphatic carbocycles. The van der Waals surface area contributed by atoms with Gasteiger partial charge in [-0.05, 0) is 11.2 Å². The predicted octanol–water partition coefficient (Wildman–Crippen LogP) is 2.05. The summed E-state index contributed by atoms with van der Waals surface area (Å²) in [5, 5.41) is 0.389. The van der Waals surface area contributed by atoms with E-state index in [1.807, 2.05) is 0 Å². The summed E-state index contributed by atoms with van der Waals surface area (Å²) in [5.41, 5.74) is 0. The van der Waals surface area contributed by atoms with Crippen molar-refractivity contribution in [3.8, 4) is 0 Å². The normalized spacial score (nSPS) is 33.3. The van der Waals surface area contributed by atoms with Crippen molar-refractivity contribution in [3.05, 3.63) is 0 Å². The van der Waals surface area contributed by atoms with Crippen molar-refractivity contribution < 1.29 is 4.65 Å². The third-order valence-corrected chi connectivity index (χ3v) is 2.91. The van der Waals surface area contributed by atoms with E-state index in [1.54, 1.807) is 0 Å². The Bertz CT molecular complexity index is 99.5. The fraction of sp³-hybridized carbons (Fsp3) is 1.00. The molecule has 1 unspecified atom stereocenters. The van der Waals surface area contributed by atoms with Crippen LogP contribution in [0.1, 0.15) is 20.8 Å². The molecular formula is C7H15BO. The zero-order valence-corrected chi connectivity index (χ0v) is 6.77. The molecule has 0 amide bonds. The van der Waals surface area contributed by atoms with Gasteiger partial charge in [0.05, 0.1) is 0 Å². The average molecular weight is 126 g/mol. The molecule has 0 saturated carbocycles. The Morgan fingerprint density at radius 1 is 1.56 bits per heavy atom. The first kappa shape index (κ1) is 7.14. The molecule has 0 aromatic rings. The Hall–Kier alpha value is 0.0249. The minimum atomic E-state index is 0.389. The van der Waals surface area contributed by atoms with E-state index in [0.29, 0.717) is 18.1 Å². The molecule has 1 atom stereocenters. The van der Waals surface area contributed by atoms with E-state index >= 15 is 0 Å². The summed E-state index contributed by atoms with van der Waals surface area (Å²) in [6.07, 6.45) is 0. The van der Waals surface area contributed by atoms with Gasteiger partial charge in [0, 0.05) is 6.61 Å². The number of rotatable bonds is 0. The van der Waals surface area contributed by atoms with Crippen molar-refractivity contribution in [2.24, 2.45) is 5.92 Å². The van der Waals surface area contributed by atoms with Crippen molar-refractivity contribution >= 4 is 6.92 Å². The molecule has 1 nitrogen and oxygen atoms in total. The molecule has 1 saturated heterocycles. The van der Waals surface area contributed by atoms with Crippen molar-refractivity contribution in [2.45, 2.75) is 32.9 Å². The first-order chi connectivity index (χ1) is 4.05. The summed E-state index contributed by atoms with van der Waals surface area (Å²) in [6.45, 7) is 10.3. The van der Waals surface area contributed by atoms with Gasteiger partial charge in [0.15, 0.2) is 0 Å². The Morgan fingerprint density at radius 2 is 2.11 bits per heavy atom. The van der Waals surface area contributed by atoms with Crippen LogP contribution in [0.15, 0.2) is 0 Å². The van der Waals surface area contributed by atoms with Crippen molar-refractivity contribution in [3.63, 3.8) is 0 Å². The molecule has 1 heterocycles. The molecule has 0 radical (unpaired) electrons. The van der Waals surface area contributed by atoms with Gasteiger partial charge in [-0.1, -0.05) is 27.6 Å². The number of hydrogen-bond acceptors (Lipinski definition) is 1. The summed E-state index contributed by atoms with van der Waals surface area (Å²) in [4.78, 5) is 0. The highest BCUT2D eigenvalue weighted by atomic mass is 16.4. The molecule has 0 N–H and O–H groups in total. The quantitative estimate of drug-likeness (QED) is 0.451. The summed E-state index contributed by atoms with van der Waals surface area (Å²) >= 11 is 0.